The Balaban J connectivity index is 2.02. The summed E-state index contributed by atoms with van der Waals surface area (Å²) in [7, 11) is 0. The Morgan fingerprint density at radius 2 is 2.17 bits per heavy atom. The lowest BCUT2D eigenvalue weighted by Gasteiger charge is -2.23. The first-order chi connectivity index (χ1) is 5.85. The molecular formula is C8H13N3O. The maximum atomic E-state index is 9.00. The van der Waals surface area contributed by atoms with Gasteiger partial charge in [-0.15, -0.1) is 0 Å². The monoisotopic (exact) mass is 167 g/mol. The summed E-state index contributed by atoms with van der Waals surface area (Å²) in [6.45, 7) is 0.310. The summed E-state index contributed by atoms with van der Waals surface area (Å²) in [5, 5.41) is 12.8. The second-order valence-electron chi connectivity index (χ2n) is 3.94. The van der Waals surface area contributed by atoms with Gasteiger partial charge in [-0.1, -0.05) is 5.11 Å². The SMILES string of the molecule is [N-]=[N+]=NC1CC2CC1CC2CO. The number of fused-ring (bicyclic) bond motifs is 2. The zero-order chi connectivity index (χ0) is 8.55. The third-order valence-corrected chi connectivity index (χ3v) is 3.40. The van der Waals surface area contributed by atoms with Gasteiger partial charge >= 0.3 is 0 Å². The standard InChI is InChI=1S/C8H13N3O/c9-11-10-8-3-5-1-6(8)2-7(5)4-12/h5-8,12H,1-4H2. The predicted octanol–water partition coefficient (Wildman–Crippen LogP) is 1.70. The molecule has 4 heteroatoms. The second-order valence-corrected chi connectivity index (χ2v) is 3.94. The van der Waals surface area contributed by atoms with Crippen molar-refractivity contribution in [2.45, 2.75) is 25.3 Å². The topological polar surface area (TPSA) is 69.0 Å². The first-order valence-electron chi connectivity index (χ1n) is 4.50. The van der Waals surface area contributed by atoms with Crippen LogP contribution in [0.3, 0.4) is 0 Å². The quantitative estimate of drug-likeness (QED) is 0.379. The van der Waals surface area contributed by atoms with Gasteiger partial charge in [-0.2, -0.15) is 0 Å². The van der Waals surface area contributed by atoms with Crippen LogP contribution in [-0.2, 0) is 0 Å². The number of aliphatic hydroxyl groups is 1. The van der Waals surface area contributed by atoms with Crippen molar-refractivity contribution in [1.29, 1.82) is 0 Å². The number of aliphatic hydroxyl groups excluding tert-OH is 1. The molecule has 0 aromatic heterocycles. The van der Waals surface area contributed by atoms with Crippen molar-refractivity contribution < 1.29 is 5.11 Å². The van der Waals surface area contributed by atoms with E-state index in [1.807, 2.05) is 0 Å². The summed E-state index contributed by atoms with van der Waals surface area (Å²) in [5.41, 5.74) is 8.29. The average Bonchev–Trinajstić information content (AvgIpc) is 2.62. The number of hydrogen-bond donors (Lipinski definition) is 1. The van der Waals surface area contributed by atoms with E-state index < -0.39 is 0 Å². The van der Waals surface area contributed by atoms with Gasteiger partial charge < -0.3 is 5.11 Å². The molecule has 0 spiro atoms. The Morgan fingerprint density at radius 3 is 2.67 bits per heavy atom. The number of azide groups is 1. The lowest BCUT2D eigenvalue weighted by Crippen LogP contribution is -2.22. The molecule has 0 aromatic rings. The zero-order valence-electron chi connectivity index (χ0n) is 6.93. The highest BCUT2D eigenvalue weighted by Gasteiger charge is 2.44. The van der Waals surface area contributed by atoms with E-state index in [-0.39, 0.29) is 6.04 Å². The molecule has 0 aromatic carbocycles. The summed E-state index contributed by atoms with van der Waals surface area (Å²) in [4.78, 5) is 2.85. The molecule has 2 rings (SSSR count). The first kappa shape index (κ1) is 7.90. The van der Waals surface area contributed by atoms with Crippen LogP contribution >= 0.6 is 0 Å². The molecular weight excluding hydrogens is 154 g/mol. The van der Waals surface area contributed by atoms with E-state index in [0.29, 0.717) is 24.4 Å². The van der Waals surface area contributed by atoms with Crippen molar-refractivity contribution >= 4 is 0 Å². The largest absolute Gasteiger partial charge is 0.396 e. The van der Waals surface area contributed by atoms with Crippen molar-refractivity contribution in [3.63, 3.8) is 0 Å². The van der Waals surface area contributed by atoms with Crippen LogP contribution in [0.1, 0.15) is 19.3 Å². The molecule has 2 bridgehead atoms. The van der Waals surface area contributed by atoms with Crippen LogP contribution in [0.2, 0.25) is 0 Å². The van der Waals surface area contributed by atoms with Gasteiger partial charge in [0.15, 0.2) is 0 Å². The van der Waals surface area contributed by atoms with E-state index in [0.717, 1.165) is 19.3 Å². The molecule has 0 amide bonds. The summed E-state index contributed by atoms with van der Waals surface area (Å²) < 4.78 is 0. The number of hydrogen-bond acceptors (Lipinski definition) is 2. The third-order valence-electron chi connectivity index (χ3n) is 3.40. The minimum atomic E-state index is 0.225. The van der Waals surface area contributed by atoms with Crippen LogP contribution in [0.25, 0.3) is 10.4 Å². The molecule has 4 atom stereocenters. The van der Waals surface area contributed by atoms with E-state index in [1.54, 1.807) is 0 Å². The Labute approximate surface area is 71.2 Å². The van der Waals surface area contributed by atoms with Crippen molar-refractivity contribution in [1.82, 2.24) is 0 Å². The molecule has 2 saturated carbocycles. The first-order valence-corrected chi connectivity index (χ1v) is 4.50. The fraction of sp³-hybridized carbons (Fsp3) is 1.00. The van der Waals surface area contributed by atoms with E-state index in [2.05, 4.69) is 10.0 Å². The van der Waals surface area contributed by atoms with Crippen molar-refractivity contribution in [2.75, 3.05) is 6.61 Å². The third kappa shape index (κ3) is 1.08. The van der Waals surface area contributed by atoms with Crippen LogP contribution in [0.15, 0.2) is 5.11 Å². The van der Waals surface area contributed by atoms with E-state index in [9.17, 15) is 0 Å². The molecule has 2 aliphatic carbocycles. The maximum Gasteiger partial charge on any atom is 0.0462 e. The lowest BCUT2D eigenvalue weighted by atomic mass is 9.87. The van der Waals surface area contributed by atoms with Crippen LogP contribution in [0.4, 0.5) is 0 Å². The molecule has 0 saturated heterocycles. The fourth-order valence-corrected chi connectivity index (χ4v) is 2.80. The van der Waals surface area contributed by atoms with Crippen LogP contribution in [0, 0.1) is 17.8 Å². The molecule has 2 fully saturated rings. The highest BCUT2D eigenvalue weighted by atomic mass is 16.3. The number of nitrogens with zero attached hydrogens (tertiary/aromatic N) is 3. The van der Waals surface area contributed by atoms with Crippen LogP contribution < -0.4 is 0 Å². The zero-order valence-corrected chi connectivity index (χ0v) is 6.93. The lowest BCUT2D eigenvalue weighted by molar-refractivity contribution is 0.171. The van der Waals surface area contributed by atoms with Crippen LogP contribution in [-0.4, -0.2) is 17.8 Å². The van der Waals surface area contributed by atoms with Crippen molar-refractivity contribution in [3.8, 4) is 0 Å². The maximum absolute atomic E-state index is 9.00. The highest BCUT2D eigenvalue weighted by molar-refractivity contribution is 4.98. The van der Waals surface area contributed by atoms with Crippen LogP contribution in [0.5, 0.6) is 0 Å². The normalized spacial score (nSPS) is 44.4. The summed E-state index contributed by atoms with van der Waals surface area (Å²) in [5.74, 6) is 1.67. The van der Waals surface area contributed by atoms with Crippen molar-refractivity contribution in [2.24, 2.45) is 22.9 Å². The molecule has 66 valence electrons. The van der Waals surface area contributed by atoms with E-state index >= 15 is 0 Å². The highest BCUT2D eigenvalue weighted by Crippen LogP contribution is 2.49. The van der Waals surface area contributed by atoms with Gasteiger partial charge in [-0.3, -0.25) is 0 Å². The molecule has 2 aliphatic rings. The Kier molecular flexibility index (Phi) is 1.95. The van der Waals surface area contributed by atoms with Gasteiger partial charge in [0.05, 0.1) is 0 Å². The Morgan fingerprint density at radius 1 is 1.33 bits per heavy atom. The molecule has 0 aliphatic heterocycles. The minimum Gasteiger partial charge on any atom is -0.396 e. The van der Waals surface area contributed by atoms with E-state index in [1.165, 1.54) is 0 Å². The summed E-state index contributed by atoms with van der Waals surface area (Å²) in [6.07, 6.45) is 3.22. The van der Waals surface area contributed by atoms with Gasteiger partial charge in [-0.05, 0) is 42.5 Å². The Hall–Kier alpha value is -0.730. The van der Waals surface area contributed by atoms with Gasteiger partial charge in [0.2, 0.25) is 0 Å². The molecule has 0 radical (unpaired) electrons. The number of rotatable bonds is 2. The minimum absolute atomic E-state index is 0.225. The molecule has 4 nitrogen and oxygen atoms in total. The fourth-order valence-electron chi connectivity index (χ4n) is 2.80. The second kappa shape index (κ2) is 2.96. The van der Waals surface area contributed by atoms with Crippen molar-refractivity contribution in [3.05, 3.63) is 10.4 Å². The summed E-state index contributed by atoms with van der Waals surface area (Å²) >= 11 is 0. The molecule has 1 N–H and O–H groups in total. The van der Waals surface area contributed by atoms with Gasteiger partial charge in [-0.25, -0.2) is 0 Å². The average molecular weight is 167 g/mol. The van der Waals surface area contributed by atoms with Gasteiger partial charge in [0, 0.05) is 17.6 Å². The molecule has 0 heterocycles. The summed E-state index contributed by atoms with van der Waals surface area (Å²) in [6, 6.07) is 0.225. The molecule has 4 unspecified atom stereocenters. The molecule has 12 heavy (non-hydrogen) atoms. The van der Waals surface area contributed by atoms with Gasteiger partial charge in [0.1, 0.15) is 0 Å². The van der Waals surface area contributed by atoms with Gasteiger partial charge in [0.25, 0.3) is 0 Å². The Bertz CT molecular complexity index is 224. The smallest absolute Gasteiger partial charge is 0.0462 e. The predicted molar refractivity (Wildman–Crippen MR) is 44.3 cm³/mol. The van der Waals surface area contributed by atoms with E-state index in [4.69, 9.17) is 10.6 Å².